The minimum Gasteiger partial charge on any atom is -0.390 e. The third-order valence-corrected chi connectivity index (χ3v) is 3.56. The van der Waals surface area contributed by atoms with Crippen molar-refractivity contribution in [2.45, 2.75) is 76.2 Å². The molecule has 0 aromatic heterocycles. The van der Waals surface area contributed by atoms with Crippen LogP contribution in [0.15, 0.2) is 0 Å². The summed E-state index contributed by atoms with van der Waals surface area (Å²) >= 11 is 0. The molecule has 5 atom stereocenters. The molecule has 0 bridgehead atoms. The Labute approximate surface area is 101 Å². The summed E-state index contributed by atoms with van der Waals surface area (Å²) in [5.74, 6) is -1.28. The Morgan fingerprint density at radius 3 is 2.06 bits per heavy atom. The highest BCUT2D eigenvalue weighted by atomic mass is 16.8. The number of hydrogen-bond donors (Lipinski definition) is 1. The summed E-state index contributed by atoms with van der Waals surface area (Å²) in [4.78, 5) is 0. The summed E-state index contributed by atoms with van der Waals surface area (Å²) in [6.45, 7) is 7.48. The molecule has 0 aromatic rings. The molecule has 2 aliphatic heterocycles. The summed E-state index contributed by atoms with van der Waals surface area (Å²) in [7, 11) is 0. The molecule has 5 heteroatoms. The van der Waals surface area contributed by atoms with Crippen molar-refractivity contribution in [1.29, 1.82) is 0 Å². The zero-order chi connectivity index (χ0) is 12.4. The summed E-state index contributed by atoms with van der Waals surface area (Å²) in [5, 5.41) is 10.1. The third-order valence-electron chi connectivity index (χ3n) is 3.56. The molecular weight excluding hydrogens is 224 g/mol. The van der Waals surface area contributed by atoms with Crippen molar-refractivity contribution in [1.82, 2.24) is 0 Å². The van der Waals surface area contributed by atoms with Crippen molar-refractivity contribution >= 4 is 0 Å². The van der Waals surface area contributed by atoms with Gasteiger partial charge >= 0.3 is 0 Å². The summed E-state index contributed by atoms with van der Waals surface area (Å²) < 4.78 is 23.2. The van der Waals surface area contributed by atoms with Crippen LogP contribution in [-0.4, -0.2) is 47.2 Å². The average Bonchev–Trinajstić information content (AvgIpc) is 2.62. The van der Waals surface area contributed by atoms with E-state index in [4.69, 9.17) is 18.9 Å². The lowest BCUT2D eigenvalue weighted by molar-refractivity contribution is -0.177. The predicted molar refractivity (Wildman–Crippen MR) is 58.3 cm³/mol. The number of rotatable bonds is 0. The fraction of sp³-hybridized carbons (Fsp3) is 1.00. The Bertz CT molecular complexity index is 327. The molecule has 3 rings (SSSR count). The van der Waals surface area contributed by atoms with Crippen LogP contribution in [0, 0.1) is 0 Å². The first-order valence-electron chi connectivity index (χ1n) is 6.17. The van der Waals surface area contributed by atoms with E-state index < -0.39 is 17.7 Å². The van der Waals surface area contributed by atoms with Crippen molar-refractivity contribution in [3.63, 3.8) is 0 Å². The highest BCUT2D eigenvalue weighted by molar-refractivity contribution is 5.03. The van der Waals surface area contributed by atoms with E-state index in [1.54, 1.807) is 0 Å². The molecule has 0 unspecified atom stereocenters. The van der Waals surface area contributed by atoms with Gasteiger partial charge in [0.05, 0.1) is 12.2 Å². The smallest absolute Gasteiger partial charge is 0.164 e. The van der Waals surface area contributed by atoms with Gasteiger partial charge in [-0.1, -0.05) is 0 Å². The molecule has 0 aromatic carbocycles. The Balaban J connectivity index is 1.86. The van der Waals surface area contributed by atoms with Crippen molar-refractivity contribution < 1.29 is 24.1 Å². The number of aliphatic hydroxyl groups excluding tert-OH is 1. The van der Waals surface area contributed by atoms with Crippen LogP contribution in [-0.2, 0) is 18.9 Å². The van der Waals surface area contributed by atoms with Crippen LogP contribution in [0.2, 0.25) is 0 Å². The van der Waals surface area contributed by atoms with Crippen LogP contribution in [0.5, 0.6) is 0 Å². The van der Waals surface area contributed by atoms with E-state index >= 15 is 0 Å². The first-order valence-corrected chi connectivity index (χ1v) is 6.17. The standard InChI is InChI=1S/C12H20O5/c1-11(2)14-7-5-6(13)8-10(9(7)16-11)17-12(3,4)15-8/h6-10,13H,5H2,1-4H3/t6-,7+,8+,9+,10+/m0/s1. The molecule has 2 saturated heterocycles. The van der Waals surface area contributed by atoms with Crippen LogP contribution in [0.4, 0.5) is 0 Å². The highest BCUT2D eigenvalue weighted by Gasteiger charge is 2.59. The van der Waals surface area contributed by atoms with Gasteiger partial charge in [-0.2, -0.15) is 0 Å². The second kappa shape index (κ2) is 3.42. The van der Waals surface area contributed by atoms with Crippen LogP contribution in [0.3, 0.4) is 0 Å². The Morgan fingerprint density at radius 2 is 1.35 bits per heavy atom. The van der Waals surface area contributed by atoms with Gasteiger partial charge in [0.25, 0.3) is 0 Å². The van der Waals surface area contributed by atoms with Crippen LogP contribution in [0.25, 0.3) is 0 Å². The van der Waals surface area contributed by atoms with E-state index in [-0.39, 0.29) is 24.4 Å². The van der Waals surface area contributed by atoms with Gasteiger partial charge in [-0.25, -0.2) is 0 Å². The summed E-state index contributed by atoms with van der Waals surface area (Å²) in [6, 6.07) is 0. The minimum atomic E-state index is -0.665. The monoisotopic (exact) mass is 244 g/mol. The Kier molecular flexibility index (Phi) is 2.39. The van der Waals surface area contributed by atoms with E-state index in [9.17, 15) is 5.11 Å². The van der Waals surface area contributed by atoms with E-state index in [1.807, 2.05) is 27.7 Å². The van der Waals surface area contributed by atoms with Gasteiger partial charge in [-0.05, 0) is 27.7 Å². The molecule has 1 saturated carbocycles. The molecule has 1 aliphatic carbocycles. The van der Waals surface area contributed by atoms with Gasteiger partial charge in [0.2, 0.25) is 0 Å². The normalized spacial score (nSPS) is 51.0. The van der Waals surface area contributed by atoms with E-state index in [1.165, 1.54) is 0 Å². The largest absolute Gasteiger partial charge is 0.390 e. The molecule has 2 heterocycles. The van der Waals surface area contributed by atoms with Gasteiger partial charge in [-0.15, -0.1) is 0 Å². The highest BCUT2D eigenvalue weighted by Crippen LogP contribution is 2.44. The molecule has 0 spiro atoms. The van der Waals surface area contributed by atoms with E-state index in [2.05, 4.69) is 0 Å². The van der Waals surface area contributed by atoms with Crippen LogP contribution < -0.4 is 0 Å². The first-order chi connectivity index (χ1) is 7.77. The van der Waals surface area contributed by atoms with E-state index in [0.717, 1.165) is 0 Å². The fourth-order valence-electron chi connectivity index (χ4n) is 3.06. The topological polar surface area (TPSA) is 57.2 Å². The third kappa shape index (κ3) is 1.90. The van der Waals surface area contributed by atoms with Crippen molar-refractivity contribution in [3.05, 3.63) is 0 Å². The Hall–Kier alpha value is -0.200. The summed E-state index contributed by atoms with van der Waals surface area (Å²) in [6.07, 6.45) is -0.849. The van der Waals surface area contributed by atoms with Gasteiger partial charge in [0.15, 0.2) is 11.6 Å². The molecule has 17 heavy (non-hydrogen) atoms. The zero-order valence-electron chi connectivity index (χ0n) is 10.7. The molecule has 1 N–H and O–H groups in total. The number of aliphatic hydroxyl groups is 1. The lowest BCUT2D eigenvalue weighted by Gasteiger charge is -2.34. The summed E-state index contributed by atoms with van der Waals surface area (Å²) in [5.41, 5.74) is 0. The minimum absolute atomic E-state index is 0.112. The lowest BCUT2D eigenvalue weighted by atomic mass is 9.87. The number of fused-ring (bicyclic) bond motifs is 3. The lowest BCUT2D eigenvalue weighted by Crippen LogP contribution is -2.53. The maximum Gasteiger partial charge on any atom is 0.164 e. The quantitative estimate of drug-likeness (QED) is 0.682. The number of hydrogen-bond acceptors (Lipinski definition) is 5. The van der Waals surface area contributed by atoms with Crippen molar-refractivity contribution in [2.75, 3.05) is 0 Å². The SMILES string of the molecule is CC1(C)O[C@@H]2[C@H](O1)[C@@H](O)C[C@H]1OC(C)(C)O[C@@H]21. The molecule has 98 valence electrons. The molecule has 0 radical (unpaired) electrons. The molecular formula is C12H20O5. The van der Waals surface area contributed by atoms with Gasteiger partial charge in [0, 0.05) is 6.42 Å². The molecule has 3 fully saturated rings. The Morgan fingerprint density at radius 1 is 0.824 bits per heavy atom. The molecule has 5 nitrogen and oxygen atoms in total. The zero-order valence-corrected chi connectivity index (χ0v) is 10.7. The van der Waals surface area contributed by atoms with Crippen molar-refractivity contribution in [2.24, 2.45) is 0 Å². The van der Waals surface area contributed by atoms with Gasteiger partial charge in [-0.3, -0.25) is 0 Å². The first kappa shape index (κ1) is 11.9. The molecule has 3 aliphatic rings. The second-order valence-corrected chi connectivity index (χ2v) is 6.01. The van der Waals surface area contributed by atoms with Gasteiger partial charge < -0.3 is 24.1 Å². The van der Waals surface area contributed by atoms with Crippen LogP contribution >= 0.6 is 0 Å². The second-order valence-electron chi connectivity index (χ2n) is 6.01. The van der Waals surface area contributed by atoms with Gasteiger partial charge in [0.1, 0.15) is 18.3 Å². The maximum absolute atomic E-state index is 10.1. The molecule has 0 amide bonds. The van der Waals surface area contributed by atoms with E-state index in [0.29, 0.717) is 6.42 Å². The van der Waals surface area contributed by atoms with Crippen molar-refractivity contribution in [3.8, 4) is 0 Å². The number of ether oxygens (including phenoxy) is 4. The maximum atomic E-state index is 10.1. The predicted octanol–water partition coefficient (Wildman–Crippen LogP) is 0.791. The average molecular weight is 244 g/mol. The fourth-order valence-corrected chi connectivity index (χ4v) is 3.06. The van der Waals surface area contributed by atoms with Crippen LogP contribution in [0.1, 0.15) is 34.1 Å².